The summed E-state index contributed by atoms with van der Waals surface area (Å²) in [4.78, 5) is 20.6. The number of aryl methyl sites for hydroxylation is 3. The molecule has 0 aromatic carbocycles. The fraction of sp³-hybridized carbons (Fsp3) is 0.208. The average molecular weight is 658 g/mol. The van der Waals surface area contributed by atoms with Crippen molar-refractivity contribution >= 4 is 9.64 Å². The van der Waals surface area contributed by atoms with Crippen LogP contribution < -0.4 is 0 Å². The van der Waals surface area contributed by atoms with E-state index in [4.69, 9.17) is 0 Å². The second kappa shape index (κ2) is 17.3. The molecule has 34 heavy (non-hydrogen) atoms. The van der Waals surface area contributed by atoms with Crippen molar-refractivity contribution in [3.63, 3.8) is 0 Å². The maximum absolute atomic E-state index is 4.67. The molecule has 0 amide bonds. The van der Waals surface area contributed by atoms with Crippen LogP contribution in [0.15, 0.2) is 92.3 Å². The Morgan fingerprint density at radius 1 is 0.618 bits per heavy atom. The Kier molecular flexibility index (Phi) is 15.7. The number of hydrogen-bond donors (Lipinski definition) is 0. The number of halogens is 1. The molecular weight excluding hydrogens is 626 g/mol. The summed E-state index contributed by atoms with van der Waals surface area (Å²) in [5.41, 5.74) is 1.81. The Morgan fingerprint density at radius 3 is 1.32 bits per heavy atom. The van der Waals surface area contributed by atoms with Crippen molar-refractivity contribution in [2.24, 2.45) is 21.1 Å². The van der Waals surface area contributed by atoms with Gasteiger partial charge in [0.25, 0.3) is 0 Å². The predicted octanol–water partition coefficient (Wildman–Crippen LogP) is 5.34. The van der Waals surface area contributed by atoms with E-state index in [9.17, 15) is 0 Å². The Hall–Kier alpha value is -3.14. The minimum atomic E-state index is 0. The molecule has 0 saturated heterocycles. The first-order chi connectivity index (χ1) is 15.6. The van der Waals surface area contributed by atoms with Gasteiger partial charge in [0.05, 0.1) is 6.33 Å². The Labute approximate surface area is 216 Å². The quantitative estimate of drug-likeness (QED) is 0.256. The average Bonchev–Trinajstić information content (AvgIpc) is 3.60. The Bertz CT molecular complexity index is 1050. The van der Waals surface area contributed by atoms with Crippen LogP contribution in [-0.2, 0) is 38.7 Å². The van der Waals surface area contributed by atoms with E-state index in [-0.39, 0.29) is 14.9 Å². The molecule has 5 aromatic heterocycles. The molecule has 0 aliphatic carbocycles. The fourth-order valence-electron chi connectivity index (χ4n) is 2.54. The molecule has 10 heteroatoms. The SMILES string of the molecule is C.C.Cn1ccnc1.Cn1ccnc1-c1ccccn1.Cn1ccnc1-c1ccccn1.[Cl][Os]. The van der Waals surface area contributed by atoms with Crippen molar-refractivity contribution in [1.82, 2.24) is 38.6 Å². The summed E-state index contributed by atoms with van der Waals surface area (Å²) in [5.74, 6) is 1.80. The third-order valence-corrected chi connectivity index (χ3v) is 4.07. The molecule has 0 N–H and O–H groups in total. The molecule has 5 heterocycles. The van der Waals surface area contributed by atoms with Gasteiger partial charge in [-0.2, -0.15) is 0 Å². The van der Waals surface area contributed by atoms with E-state index in [0.717, 1.165) is 23.0 Å². The van der Waals surface area contributed by atoms with Gasteiger partial charge in [-0.1, -0.05) is 27.0 Å². The van der Waals surface area contributed by atoms with Gasteiger partial charge in [-0.3, -0.25) is 9.97 Å². The molecule has 183 valence electrons. The van der Waals surface area contributed by atoms with Crippen LogP contribution in [0.1, 0.15) is 14.9 Å². The van der Waals surface area contributed by atoms with E-state index >= 15 is 0 Å². The number of rotatable bonds is 2. The molecule has 8 nitrogen and oxygen atoms in total. The van der Waals surface area contributed by atoms with Crippen LogP contribution in [0.4, 0.5) is 0 Å². The molecule has 0 atom stereocenters. The second-order valence-electron chi connectivity index (χ2n) is 6.38. The summed E-state index contributed by atoms with van der Waals surface area (Å²) >= 11 is 1.33. The molecule has 0 radical (unpaired) electrons. The topological polar surface area (TPSA) is 79.2 Å². The molecule has 5 rings (SSSR count). The third kappa shape index (κ3) is 9.78. The summed E-state index contributed by atoms with van der Waals surface area (Å²) in [7, 11) is 10.5. The van der Waals surface area contributed by atoms with Crippen molar-refractivity contribution in [2.75, 3.05) is 0 Å². The molecule has 0 bridgehead atoms. The first-order valence-electron chi connectivity index (χ1n) is 9.48. The number of imidazole rings is 3. The third-order valence-electron chi connectivity index (χ3n) is 4.07. The van der Waals surface area contributed by atoms with Gasteiger partial charge in [0.2, 0.25) is 0 Å². The van der Waals surface area contributed by atoms with E-state index in [1.54, 1.807) is 37.3 Å². The zero-order valence-corrected chi connectivity index (χ0v) is 21.3. The summed E-state index contributed by atoms with van der Waals surface area (Å²) in [6.07, 6.45) is 16.3. The molecule has 0 spiro atoms. The van der Waals surface area contributed by atoms with Gasteiger partial charge in [-0.25, -0.2) is 15.0 Å². The van der Waals surface area contributed by atoms with Crippen LogP contribution in [0.2, 0.25) is 0 Å². The summed E-state index contributed by atoms with van der Waals surface area (Å²) < 4.78 is 5.78. The monoisotopic (exact) mass is 659 g/mol. The van der Waals surface area contributed by atoms with Gasteiger partial charge >= 0.3 is 27.2 Å². The van der Waals surface area contributed by atoms with Crippen molar-refractivity contribution in [3.05, 3.63) is 92.3 Å². The van der Waals surface area contributed by atoms with E-state index in [1.807, 2.05) is 89.8 Å². The first kappa shape index (κ1) is 30.9. The normalized spacial score (nSPS) is 8.85. The van der Waals surface area contributed by atoms with Gasteiger partial charge in [-0.05, 0) is 24.3 Å². The van der Waals surface area contributed by atoms with Crippen molar-refractivity contribution in [2.45, 2.75) is 14.9 Å². The number of aromatic nitrogens is 8. The van der Waals surface area contributed by atoms with Crippen LogP contribution in [0.3, 0.4) is 0 Å². The van der Waals surface area contributed by atoms with Gasteiger partial charge in [0, 0.05) is 70.7 Å². The Morgan fingerprint density at radius 2 is 1.09 bits per heavy atom. The zero-order chi connectivity index (χ0) is 23.2. The fourth-order valence-corrected chi connectivity index (χ4v) is 2.54. The van der Waals surface area contributed by atoms with Crippen molar-refractivity contribution in [3.8, 4) is 23.0 Å². The summed E-state index contributed by atoms with van der Waals surface area (Å²) in [6, 6.07) is 11.6. The van der Waals surface area contributed by atoms with Crippen LogP contribution in [0.25, 0.3) is 23.0 Å². The number of pyridine rings is 2. The zero-order valence-electron chi connectivity index (χ0n) is 18.0. The molecular formula is C24H32ClN8Os. The van der Waals surface area contributed by atoms with Crippen molar-refractivity contribution < 1.29 is 17.6 Å². The van der Waals surface area contributed by atoms with E-state index < -0.39 is 0 Å². The predicted molar refractivity (Wildman–Crippen MR) is 135 cm³/mol. The molecule has 5 aromatic rings. The molecule has 0 saturated carbocycles. The van der Waals surface area contributed by atoms with Gasteiger partial charge in [0.1, 0.15) is 11.4 Å². The number of hydrogen-bond acceptors (Lipinski definition) is 5. The van der Waals surface area contributed by atoms with Gasteiger partial charge < -0.3 is 13.7 Å². The van der Waals surface area contributed by atoms with Crippen LogP contribution in [0.5, 0.6) is 0 Å². The van der Waals surface area contributed by atoms with E-state index in [0.29, 0.717) is 0 Å². The molecule has 0 fully saturated rings. The van der Waals surface area contributed by atoms with Gasteiger partial charge in [0.15, 0.2) is 11.6 Å². The summed E-state index contributed by atoms with van der Waals surface area (Å²) in [5, 5.41) is 0. The standard InChI is InChI=1S/2C9H9N3.C4H6N2.2CH4.ClH.Os/c2*1-12-7-6-11-9(12)8-4-2-3-5-10-8;1-6-3-2-5-4-6;;;;/h2*2-7H,1H3;2-4H,1H3;2*1H4;1H;/q;;;;;;+1/p-1. The molecule has 0 aliphatic rings. The van der Waals surface area contributed by atoms with E-state index in [1.165, 1.54) is 17.6 Å². The number of nitrogens with zero attached hydrogens (tertiary/aromatic N) is 8. The molecule has 0 aliphatic heterocycles. The first-order valence-corrected chi connectivity index (χ1v) is 12.6. The minimum absolute atomic E-state index is 0. The van der Waals surface area contributed by atoms with E-state index in [2.05, 4.69) is 34.6 Å². The van der Waals surface area contributed by atoms with Crippen LogP contribution in [-0.4, -0.2) is 38.6 Å². The van der Waals surface area contributed by atoms with Crippen LogP contribution >= 0.6 is 9.64 Å². The van der Waals surface area contributed by atoms with Crippen molar-refractivity contribution in [1.29, 1.82) is 0 Å². The summed E-state index contributed by atoms with van der Waals surface area (Å²) in [6.45, 7) is 0. The van der Waals surface area contributed by atoms with Gasteiger partial charge in [-0.15, -0.1) is 0 Å². The maximum atomic E-state index is 4.67. The second-order valence-corrected chi connectivity index (χ2v) is 6.38. The Balaban J connectivity index is 0.000000471. The van der Waals surface area contributed by atoms with Crippen LogP contribution in [0, 0.1) is 0 Å². The molecule has 0 unspecified atom stereocenters.